The number of amides is 1. The molecule has 4 nitrogen and oxygen atoms in total. The number of fused-ring (bicyclic) bond motifs is 3. The maximum Gasteiger partial charge on any atom is 0.263 e. The lowest BCUT2D eigenvalue weighted by Crippen LogP contribution is -2.37. The molecule has 0 N–H and O–H groups in total. The highest BCUT2D eigenvalue weighted by atomic mass is 16.6. The monoisotopic (exact) mass is 320 g/mol. The number of carbonyl (C=O) groups is 1. The smallest absolute Gasteiger partial charge is 0.263 e. The van der Waals surface area contributed by atoms with E-state index >= 15 is 0 Å². The van der Waals surface area contributed by atoms with E-state index in [-0.39, 0.29) is 12.5 Å². The maximum absolute atomic E-state index is 12.2. The number of likely N-dealkylation sites (tertiary alicyclic amines) is 1. The topological polar surface area (TPSA) is 41.9 Å². The van der Waals surface area contributed by atoms with E-state index in [0.29, 0.717) is 0 Å². The van der Waals surface area contributed by atoms with Crippen molar-refractivity contribution in [1.82, 2.24) is 4.90 Å². The third-order valence-corrected chi connectivity index (χ3v) is 4.71. The van der Waals surface area contributed by atoms with Gasteiger partial charge in [0.15, 0.2) is 6.61 Å². The molecule has 0 spiro atoms. The molecule has 1 fully saturated rings. The lowest BCUT2D eigenvalue weighted by molar-refractivity contribution is -0.137. The third-order valence-electron chi connectivity index (χ3n) is 4.71. The molecule has 1 aliphatic heterocycles. The second kappa shape index (κ2) is 6.48. The summed E-state index contributed by atoms with van der Waals surface area (Å²) in [7, 11) is 0. The van der Waals surface area contributed by atoms with E-state index in [1.807, 2.05) is 41.3 Å². The molecule has 0 bridgehead atoms. The predicted octanol–water partition coefficient (Wildman–Crippen LogP) is 3.45. The first-order chi connectivity index (χ1) is 11.8. The standard InChI is InChI=1S/C20H20N2O2/c23-19(22-12-6-1-7-13-22)14-24-21-20-17-10-4-2-8-15(17)16-9-3-5-11-18(16)20/h2-5,8-11H,1,6-7,12-14H2. The van der Waals surface area contributed by atoms with E-state index in [4.69, 9.17) is 4.84 Å². The van der Waals surface area contributed by atoms with Crippen molar-refractivity contribution in [2.45, 2.75) is 19.3 Å². The highest BCUT2D eigenvalue weighted by molar-refractivity contribution is 6.24. The zero-order valence-electron chi connectivity index (χ0n) is 13.6. The Balaban J connectivity index is 1.53. The molecule has 1 saturated heterocycles. The molecule has 1 heterocycles. The fourth-order valence-electron chi connectivity index (χ4n) is 3.48. The Bertz CT molecular complexity index is 744. The molecule has 0 atom stereocenters. The van der Waals surface area contributed by atoms with E-state index in [2.05, 4.69) is 17.3 Å². The SMILES string of the molecule is O=C(CON=C1c2ccccc2-c2ccccc21)N1CCCCC1. The number of nitrogens with zero attached hydrogens (tertiary/aromatic N) is 2. The molecule has 2 aliphatic rings. The molecule has 1 aliphatic carbocycles. The van der Waals surface area contributed by atoms with Gasteiger partial charge in [-0.15, -0.1) is 0 Å². The zero-order valence-corrected chi connectivity index (χ0v) is 13.6. The third kappa shape index (κ3) is 2.68. The average molecular weight is 320 g/mol. The maximum atomic E-state index is 12.2. The minimum atomic E-state index is 0.00777. The fourth-order valence-corrected chi connectivity index (χ4v) is 3.48. The molecule has 0 radical (unpaired) electrons. The summed E-state index contributed by atoms with van der Waals surface area (Å²) in [5.41, 5.74) is 5.26. The van der Waals surface area contributed by atoms with Gasteiger partial charge in [-0.3, -0.25) is 4.79 Å². The van der Waals surface area contributed by atoms with E-state index in [0.717, 1.165) is 53.9 Å². The Hall–Kier alpha value is -2.62. The van der Waals surface area contributed by atoms with Crippen LogP contribution in [0.1, 0.15) is 30.4 Å². The quantitative estimate of drug-likeness (QED) is 0.694. The molecule has 24 heavy (non-hydrogen) atoms. The van der Waals surface area contributed by atoms with Crippen molar-refractivity contribution in [2.75, 3.05) is 19.7 Å². The van der Waals surface area contributed by atoms with Gasteiger partial charge < -0.3 is 9.74 Å². The van der Waals surface area contributed by atoms with Crippen LogP contribution >= 0.6 is 0 Å². The Labute approximate surface area is 141 Å². The summed E-state index contributed by atoms with van der Waals surface area (Å²) in [5.74, 6) is 0.0265. The summed E-state index contributed by atoms with van der Waals surface area (Å²) in [5, 5.41) is 4.31. The first-order valence-electron chi connectivity index (χ1n) is 8.51. The molecule has 0 aromatic heterocycles. The van der Waals surface area contributed by atoms with Crippen molar-refractivity contribution < 1.29 is 9.63 Å². The van der Waals surface area contributed by atoms with E-state index in [1.165, 1.54) is 6.42 Å². The van der Waals surface area contributed by atoms with Crippen LogP contribution in [0.2, 0.25) is 0 Å². The van der Waals surface area contributed by atoms with Crippen LogP contribution in [-0.4, -0.2) is 36.2 Å². The zero-order chi connectivity index (χ0) is 16.4. The van der Waals surface area contributed by atoms with Crippen molar-refractivity contribution in [2.24, 2.45) is 5.16 Å². The van der Waals surface area contributed by atoms with Crippen LogP contribution in [0.25, 0.3) is 11.1 Å². The van der Waals surface area contributed by atoms with Gasteiger partial charge in [-0.1, -0.05) is 53.7 Å². The van der Waals surface area contributed by atoms with Gasteiger partial charge in [0, 0.05) is 24.2 Å². The molecule has 4 rings (SSSR count). The number of rotatable bonds is 3. The lowest BCUT2D eigenvalue weighted by atomic mass is 10.1. The number of hydrogen-bond donors (Lipinski definition) is 0. The summed E-state index contributed by atoms with van der Waals surface area (Å²) in [4.78, 5) is 19.5. The Morgan fingerprint density at radius 2 is 1.42 bits per heavy atom. The summed E-state index contributed by atoms with van der Waals surface area (Å²) in [6, 6.07) is 16.3. The largest absolute Gasteiger partial charge is 0.385 e. The molecule has 0 saturated carbocycles. The van der Waals surface area contributed by atoms with Crippen molar-refractivity contribution >= 4 is 11.6 Å². The van der Waals surface area contributed by atoms with Gasteiger partial charge in [-0.05, 0) is 30.4 Å². The lowest BCUT2D eigenvalue weighted by Gasteiger charge is -2.26. The number of oxime groups is 1. The van der Waals surface area contributed by atoms with Gasteiger partial charge in [-0.25, -0.2) is 0 Å². The average Bonchev–Trinajstić information content (AvgIpc) is 2.97. The van der Waals surface area contributed by atoms with Gasteiger partial charge in [0.25, 0.3) is 5.91 Å². The van der Waals surface area contributed by atoms with Crippen LogP contribution in [0.3, 0.4) is 0 Å². The second-order valence-electron chi connectivity index (χ2n) is 6.25. The van der Waals surface area contributed by atoms with Crippen LogP contribution in [0.5, 0.6) is 0 Å². The highest BCUT2D eigenvalue weighted by Gasteiger charge is 2.25. The van der Waals surface area contributed by atoms with Gasteiger partial charge in [0.05, 0.1) is 0 Å². The summed E-state index contributed by atoms with van der Waals surface area (Å²) >= 11 is 0. The first-order valence-corrected chi connectivity index (χ1v) is 8.51. The van der Waals surface area contributed by atoms with Crippen molar-refractivity contribution in [3.8, 4) is 11.1 Å². The fraction of sp³-hybridized carbons (Fsp3) is 0.300. The second-order valence-corrected chi connectivity index (χ2v) is 6.25. The number of hydrogen-bond acceptors (Lipinski definition) is 3. The Morgan fingerprint density at radius 1 is 0.875 bits per heavy atom. The molecule has 0 unspecified atom stereocenters. The van der Waals surface area contributed by atoms with E-state index < -0.39 is 0 Å². The minimum absolute atomic E-state index is 0.00777. The highest BCUT2D eigenvalue weighted by Crippen LogP contribution is 2.36. The molecular weight excluding hydrogens is 300 g/mol. The van der Waals surface area contributed by atoms with Crippen molar-refractivity contribution in [3.05, 3.63) is 59.7 Å². The van der Waals surface area contributed by atoms with Crippen LogP contribution in [-0.2, 0) is 9.63 Å². The molecule has 4 heteroatoms. The molecule has 2 aromatic rings. The summed E-state index contributed by atoms with van der Waals surface area (Å²) in [6.07, 6.45) is 3.38. The molecule has 1 amide bonds. The van der Waals surface area contributed by atoms with Crippen molar-refractivity contribution in [1.29, 1.82) is 0 Å². The van der Waals surface area contributed by atoms with E-state index in [1.54, 1.807) is 0 Å². The molecule has 2 aromatic carbocycles. The van der Waals surface area contributed by atoms with Crippen LogP contribution < -0.4 is 0 Å². The predicted molar refractivity (Wildman–Crippen MR) is 93.9 cm³/mol. The number of piperidine rings is 1. The first kappa shape index (κ1) is 14.9. The van der Waals surface area contributed by atoms with Crippen molar-refractivity contribution in [3.63, 3.8) is 0 Å². The molecular formula is C20H20N2O2. The van der Waals surface area contributed by atoms with Crippen LogP contribution in [0.4, 0.5) is 0 Å². The normalized spacial score (nSPS) is 15.7. The number of benzene rings is 2. The van der Waals surface area contributed by atoms with Gasteiger partial charge in [0.1, 0.15) is 5.71 Å². The van der Waals surface area contributed by atoms with E-state index in [9.17, 15) is 4.79 Å². The number of carbonyl (C=O) groups excluding carboxylic acids is 1. The van der Waals surface area contributed by atoms with Crippen LogP contribution in [0, 0.1) is 0 Å². The van der Waals surface area contributed by atoms with Gasteiger partial charge >= 0.3 is 0 Å². The van der Waals surface area contributed by atoms with Gasteiger partial charge in [-0.2, -0.15) is 0 Å². The Kier molecular flexibility index (Phi) is 4.03. The summed E-state index contributed by atoms with van der Waals surface area (Å²) < 4.78 is 0. The summed E-state index contributed by atoms with van der Waals surface area (Å²) in [6.45, 7) is 1.68. The van der Waals surface area contributed by atoms with Gasteiger partial charge in [0.2, 0.25) is 0 Å². The molecule has 122 valence electrons. The van der Waals surface area contributed by atoms with Crippen LogP contribution in [0.15, 0.2) is 53.7 Å². The Morgan fingerprint density at radius 3 is 2.00 bits per heavy atom. The minimum Gasteiger partial charge on any atom is -0.385 e.